The Bertz CT molecular complexity index is 501. The number of nitrogens with two attached hydrogens (primary N) is 1. The van der Waals surface area contributed by atoms with E-state index in [0.29, 0.717) is 19.6 Å². The van der Waals surface area contributed by atoms with E-state index in [1.807, 2.05) is 37.3 Å². The molecular weight excluding hydrogens is 262 g/mol. The van der Waals surface area contributed by atoms with Crippen molar-refractivity contribution in [2.75, 3.05) is 18.9 Å². The minimum absolute atomic E-state index is 0.103. The number of ether oxygens (including phenoxy) is 1. The zero-order valence-electron chi connectivity index (χ0n) is 11.2. The molecule has 1 aromatic rings. The fourth-order valence-corrected chi connectivity index (χ4v) is 4.87. The maximum atomic E-state index is 12.5. The quantitative estimate of drug-likeness (QED) is 0.885. The number of hydrogen-bond acceptors (Lipinski definition) is 4. The van der Waals surface area contributed by atoms with Crippen LogP contribution in [0.3, 0.4) is 0 Å². The van der Waals surface area contributed by atoms with Crippen LogP contribution < -0.4 is 5.73 Å². The van der Waals surface area contributed by atoms with E-state index in [1.165, 1.54) is 0 Å². The Hall–Kier alpha value is -0.910. The molecule has 1 aromatic carbocycles. The summed E-state index contributed by atoms with van der Waals surface area (Å²) in [6.07, 6.45) is 0.384. The van der Waals surface area contributed by atoms with Gasteiger partial charge in [0.1, 0.15) is 0 Å². The van der Waals surface area contributed by atoms with Gasteiger partial charge in [0.2, 0.25) is 0 Å². The number of hydrogen-bond donors (Lipinski definition) is 1. The van der Waals surface area contributed by atoms with Crippen LogP contribution in [0.4, 0.5) is 0 Å². The number of sulfone groups is 1. The average Bonchev–Trinajstić information content (AvgIpc) is 2.84. The van der Waals surface area contributed by atoms with Crippen molar-refractivity contribution in [2.24, 2.45) is 5.73 Å². The first-order valence-corrected chi connectivity index (χ1v) is 8.34. The van der Waals surface area contributed by atoms with Gasteiger partial charge in [0.05, 0.1) is 17.1 Å². The fourth-order valence-electron chi connectivity index (χ4n) is 2.61. The lowest BCUT2D eigenvalue weighted by molar-refractivity contribution is 0.126. The largest absolute Gasteiger partial charge is 0.377 e. The number of benzene rings is 1. The summed E-state index contributed by atoms with van der Waals surface area (Å²) >= 11 is 0. The summed E-state index contributed by atoms with van der Waals surface area (Å²) in [5.41, 5.74) is 6.74. The molecule has 0 amide bonds. The van der Waals surface area contributed by atoms with Crippen LogP contribution in [0.1, 0.15) is 24.8 Å². The molecule has 0 saturated carbocycles. The summed E-state index contributed by atoms with van der Waals surface area (Å²) in [4.78, 5) is 0. The van der Waals surface area contributed by atoms with E-state index < -0.39 is 9.84 Å². The molecule has 0 aliphatic carbocycles. The molecule has 3 unspecified atom stereocenters. The molecule has 2 N–H and O–H groups in total. The molecule has 0 aromatic heterocycles. The van der Waals surface area contributed by atoms with E-state index in [1.54, 1.807) is 0 Å². The zero-order valence-corrected chi connectivity index (χ0v) is 12.0. The van der Waals surface area contributed by atoms with Crippen molar-refractivity contribution in [1.82, 2.24) is 0 Å². The molecular formula is C14H21NO3S. The molecule has 0 radical (unpaired) electrons. The lowest BCUT2D eigenvalue weighted by Gasteiger charge is -2.20. The normalized spacial score (nSPS) is 25.4. The minimum atomic E-state index is -3.17. The highest BCUT2D eigenvalue weighted by Gasteiger charge is 2.36. The first kappa shape index (κ1) is 14.5. The van der Waals surface area contributed by atoms with Gasteiger partial charge < -0.3 is 10.5 Å². The van der Waals surface area contributed by atoms with Crippen LogP contribution in [0.2, 0.25) is 0 Å². The maximum Gasteiger partial charge on any atom is 0.156 e. The smallest absolute Gasteiger partial charge is 0.156 e. The summed E-state index contributed by atoms with van der Waals surface area (Å²) in [6, 6.07) is 9.60. The second kappa shape index (κ2) is 6.03. The van der Waals surface area contributed by atoms with Crippen molar-refractivity contribution in [3.05, 3.63) is 35.9 Å². The second-order valence-electron chi connectivity index (χ2n) is 5.08. The lowest BCUT2D eigenvalue weighted by Crippen LogP contribution is -2.33. The van der Waals surface area contributed by atoms with Gasteiger partial charge in [-0.1, -0.05) is 30.3 Å². The predicted molar refractivity (Wildman–Crippen MR) is 75.8 cm³/mol. The Kier molecular flexibility index (Phi) is 4.60. The molecule has 0 bridgehead atoms. The molecule has 0 spiro atoms. The van der Waals surface area contributed by atoms with Gasteiger partial charge in [-0.05, 0) is 18.9 Å². The van der Waals surface area contributed by atoms with E-state index >= 15 is 0 Å². The second-order valence-corrected chi connectivity index (χ2v) is 7.34. The third-order valence-electron chi connectivity index (χ3n) is 3.76. The molecule has 1 aliphatic heterocycles. The molecule has 1 heterocycles. The minimum Gasteiger partial charge on any atom is -0.377 e. The Labute approximate surface area is 114 Å². The summed E-state index contributed by atoms with van der Waals surface area (Å²) in [7, 11) is -3.17. The van der Waals surface area contributed by atoms with Gasteiger partial charge in [0.15, 0.2) is 9.84 Å². The van der Waals surface area contributed by atoms with Crippen LogP contribution in [0.25, 0.3) is 0 Å². The van der Waals surface area contributed by atoms with Gasteiger partial charge in [0, 0.05) is 19.1 Å². The summed E-state index contributed by atoms with van der Waals surface area (Å²) in [5.74, 6) is -0.0368. The monoisotopic (exact) mass is 283 g/mol. The van der Waals surface area contributed by atoms with Crippen LogP contribution in [0.5, 0.6) is 0 Å². The molecule has 1 aliphatic rings. The first-order chi connectivity index (χ1) is 9.04. The topological polar surface area (TPSA) is 69.4 Å². The van der Waals surface area contributed by atoms with Crippen LogP contribution >= 0.6 is 0 Å². The van der Waals surface area contributed by atoms with E-state index in [0.717, 1.165) is 5.56 Å². The third-order valence-corrected chi connectivity index (χ3v) is 6.17. The maximum absolute atomic E-state index is 12.5. The summed E-state index contributed by atoms with van der Waals surface area (Å²) in [5, 5.41) is -0.384. The fraction of sp³-hybridized carbons (Fsp3) is 0.571. The van der Waals surface area contributed by atoms with Gasteiger partial charge in [-0.15, -0.1) is 0 Å². The van der Waals surface area contributed by atoms with Gasteiger partial charge in [-0.3, -0.25) is 0 Å². The molecule has 1 saturated heterocycles. The van der Waals surface area contributed by atoms with Crippen LogP contribution in [-0.4, -0.2) is 38.7 Å². The summed E-state index contributed by atoms with van der Waals surface area (Å²) in [6.45, 7) is 2.70. The molecule has 3 atom stereocenters. The van der Waals surface area contributed by atoms with Crippen molar-refractivity contribution in [1.29, 1.82) is 0 Å². The van der Waals surface area contributed by atoms with Gasteiger partial charge in [0.25, 0.3) is 0 Å². The molecule has 5 heteroatoms. The van der Waals surface area contributed by atoms with Gasteiger partial charge in [-0.25, -0.2) is 8.42 Å². The molecule has 106 valence electrons. The van der Waals surface area contributed by atoms with Crippen molar-refractivity contribution in [3.8, 4) is 0 Å². The SMILES string of the molecule is CC1OCCC1S(=O)(=O)CC(CN)c1ccccc1. The Balaban J connectivity index is 2.14. The average molecular weight is 283 g/mol. The van der Waals surface area contributed by atoms with E-state index in [4.69, 9.17) is 10.5 Å². The van der Waals surface area contributed by atoms with Crippen LogP contribution in [0.15, 0.2) is 30.3 Å². The van der Waals surface area contributed by atoms with Crippen LogP contribution in [0, 0.1) is 0 Å². The highest BCUT2D eigenvalue weighted by molar-refractivity contribution is 7.92. The molecule has 1 fully saturated rings. The first-order valence-electron chi connectivity index (χ1n) is 6.63. The Morgan fingerprint density at radius 2 is 2.05 bits per heavy atom. The Morgan fingerprint density at radius 3 is 2.58 bits per heavy atom. The van der Waals surface area contributed by atoms with Gasteiger partial charge in [-0.2, -0.15) is 0 Å². The zero-order chi connectivity index (χ0) is 13.9. The van der Waals surface area contributed by atoms with Crippen molar-refractivity contribution in [2.45, 2.75) is 30.6 Å². The standard InChI is InChI=1S/C14H21NO3S/c1-11-14(7-8-18-11)19(16,17)10-13(9-15)12-5-3-2-4-6-12/h2-6,11,13-14H,7-10,15H2,1H3. The predicted octanol–water partition coefficient (Wildman–Crippen LogP) is 1.32. The van der Waals surface area contributed by atoms with E-state index in [2.05, 4.69) is 0 Å². The Morgan fingerprint density at radius 1 is 1.37 bits per heavy atom. The van der Waals surface area contributed by atoms with Crippen molar-refractivity contribution >= 4 is 9.84 Å². The number of rotatable bonds is 5. The summed E-state index contributed by atoms with van der Waals surface area (Å²) < 4.78 is 30.3. The highest BCUT2D eigenvalue weighted by atomic mass is 32.2. The van der Waals surface area contributed by atoms with E-state index in [-0.39, 0.29) is 23.0 Å². The highest BCUT2D eigenvalue weighted by Crippen LogP contribution is 2.25. The van der Waals surface area contributed by atoms with Gasteiger partial charge >= 0.3 is 0 Å². The lowest BCUT2D eigenvalue weighted by atomic mass is 10.0. The third kappa shape index (κ3) is 3.35. The van der Waals surface area contributed by atoms with Crippen LogP contribution in [-0.2, 0) is 14.6 Å². The molecule has 2 rings (SSSR count). The van der Waals surface area contributed by atoms with Crippen molar-refractivity contribution in [3.63, 3.8) is 0 Å². The van der Waals surface area contributed by atoms with E-state index in [9.17, 15) is 8.42 Å². The molecule has 19 heavy (non-hydrogen) atoms. The van der Waals surface area contributed by atoms with Crippen molar-refractivity contribution < 1.29 is 13.2 Å². The molecule has 4 nitrogen and oxygen atoms in total.